The summed E-state index contributed by atoms with van der Waals surface area (Å²) >= 11 is 0. The van der Waals surface area contributed by atoms with Gasteiger partial charge in [-0.25, -0.2) is 8.42 Å². The maximum atomic E-state index is 13.1. The van der Waals surface area contributed by atoms with Crippen molar-refractivity contribution >= 4 is 21.6 Å². The Balaban J connectivity index is 1.95. The number of benzene rings is 1. The van der Waals surface area contributed by atoms with Crippen LogP contribution in [0.25, 0.3) is 0 Å². The van der Waals surface area contributed by atoms with E-state index in [4.69, 9.17) is 9.47 Å². The lowest BCUT2D eigenvalue weighted by Gasteiger charge is -2.32. The Morgan fingerprint density at radius 1 is 1.44 bits per heavy atom. The number of amides is 1. The molecule has 2 aliphatic heterocycles. The highest BCUT2D eigenvalue weighted by molar-refractivity contribution is 7.89. The van der Waals surface area contributed by atoms with E-state index in [1.807, 2.05) is 7.05 Å². The molecule has 0 aliphatic carbocycles. The van der Waals surface area contributed by atoms with Crippen molar-refractivity contribution in [2.75, 3.05) is 45.7 Å². The Morgan fingerprint density at radius 3 is 2.96 bits per heavy atom. The van der Waals surface area contributed by atoms with Crippen molar-refractivity contribution < 1.29 is 22.7 Å². The third kappa shape index (κ3) is 3.58. The van der Waals surface area contributed by atoms with Gasteiger partial charge in [0.25, 0.3) is 5.91 Å². The number of carbonyl (C=O) groups is 1. The first-order valence-corrected chi connectivity index (χ1v) is 9.69. The van der Waals surface area contributed by atoms with Gasteiger partial charge in [0.2, 0.25) is 10.0 Å². The van der Waals surface area contributed by atoms with Crippen LogP contribution in [0.2, 0.25) is 0 Å². The van der Waals surface area contributed by atoms with Crippen LogP contribution in [-0.4, -0.2) is 59.0 Å². The van der Waals surface area contributed by atoms with Crippen molar-refractivity contribution in [1.29, 1.82) is 0 Å². The second-order valence-electron chi connectivity index (χ2n) is 6.27. The van der Waals surface area contributed by atoms with E-state index in [-0.39, 0.29) is 29.1 Å². The Labute approximate surface area is 147 Å². The van der Waals surface area contributed by atoms with Crippen molar-refractivity contribution in [2.45, 2.75) is 17.7 Å². The number of hydrogen-bond donors (Lipinski definition) is 2. The van der Waals surface area contributed by atoms with E-state index in [9.17, 15) is 13.2 Å². The van der Waals surface area contributed by atoms with Gasteiger partial charge in [-0.05, 0) is 32.4 Å². The maximum absolute atomic E-state index is 13.1. The molecule has 1 unspecified atom stereocenters. The first-order valence-electron chi connectivity index (χ1n) is 8.25. The molecule has 138 valence electrons. The van der Waals surface area contributed by atoms with Crippen molar-refractivity contribution in [3.63, 3.8) is 0 Å². The van der Waals surface area contributed by atoms with E-state index < -0.39 is 10.0 Å². The summed E-state index contributed by atoms with van der Waals surface area (Å²) in [7, 11) is -0.440. The average Bonchev–Trinajstić information content (AvgIpc) is 2.61. The van der Waals surface area contributed by atoms with Gasteiger partial charge in [0, 0.05) is 25.2 Å². The number of fused-ring (bicyclic) bond motifs is 1. The van der Waals surface area contributed by atoms with Gasteiger partial charge in [-0.2, -0.15) is 4.31 Å². The molecule has 0 saturated carbocycles. The molecule has 2 aliphatic rings. The first-order chi connectivity index (χ1) is 12.0. The van der Waals surface area contributed by atoms with E-state index in [0.29, 0.717) is 24.5 Å². The second-order valence-corrected chi connectivity index (χ2v) is 8.17. The van der Waals surface area contributed by atoms with Crippen LogP contribution in [0.3, 0.4) is 0 Å². The number of methoxy groups -OCH3 is 1. The molecule has 9 heteroatoms. The monoisotopic (exact) mass is 369 g/mol. The molecule has 2 heterocycles. The Bertz CT molecular complexity index is 763. The number of ether oxygens (including phenoxy) is 2. The average molecular weight is 369 g/mol. The fourth-order valence-electron chi connectivity index (χ4n) is 3.29. The summed E-state index contributed by atoms with van der Waals surface area (Å²) in [5.74, 6) is 0.534. The Morgan fingerprint density at radius 2 is 2.24 bits per heavy atom. The number of anilines is 1. The van der Waals surface area contributed by atoms with Crippen molar-refractivity contribution in [3.05, 3.63) is 12.1 Å². The topological polar surface area (TPSA) is 97.0 Å². The number of nitrogens with one attached hydrogen (secondary N) is 2. The summed E-state index contributed by atoms with van der Waals surface area (Å²) in [6.07, 6.45) is 1.83. The van der Waals surface area contributed by atoms with Crippen LogP contribution in [0.1, 0.15) is 12.8 Å². The molecule has 0 aromatic heterocycles. The normalized spacial score (nSPS) is 21.2. The van der Waals surface area contributed by atoms with Gasteiger partial charge in [-0.1, -0.05) is 0 Å². The van der Waals surface area contributed by atoms with Crippen LogP contribution >= 0.6 is 0 Å². The van der Waals surface area contributed by atoms with E-state index in [1.165, 1.54) is 23.5 Å². The van der Waals surface area contributed by atoms with Crippen LogP contribution in [0.15, 0.2) is 17.0 Å². The number of nitrogens with zero attached hydrogens (tertiary/aromatic N) is 1. The van der Waals surface area contributed by atoms with Crippen molar-refractivity contribution in [1.82, 2.24) is 9.62 Å². The highest BCUT2D eigenvalue weighted by atomic mass is 32.2. The highest BCUT2D eigenvalue weighted by Gasteiger charge is 2.33. The quantitative estimate of drug-likeness (QED) is 0.791. The molecule has 1 fully saturated rings. The standard InChI is InChI=1S/C16H23N3O5S/c1-17-8-11-4-3-5-19(9-11)25(21,22)15-7-13-12(6-14(15)23-2)18-16(20)10-24-13/h6-7,11,17H,3-5,8-10H2,1-2H3,(H,18,20). The van der Waals surface area contributed by atoms with Gasteiger partial charge >= 0.3 is 0 Å². The number of rotatable bonds is 5. The summed E-state index contributed by atoms with van der Waals surface area (Å²) in [5, 5.41) is 5.77. The van der Waals surface area contributed by atoms with Crippen molar-refractivity contribution in [3.8, 4) is 11.5 Å². The molecule has 8 nitrogen and oxygen atoms in total. The van der Waals surface area contributed by atoms with Crippen LogP contribution < -0.4 is 20.1 Å². The number of piperidine rings is 1. The van der Waals surface area contributed by atoms with E-state index >= 15 is 0 Å². The summed E-state index contributed by atoms with van der Waals surface area (Å²) in [4.78, 5) is 11.5. The van der Waals surface area contributed by atoms with Gasteiger partial charge in [-0.15, -0.1) is 0 Å². The lowest BCUT2D eigenvalue weighted by atomic mass is 10.00. The van der Waals surface area contributed by atoms with Crippen LogP contribution in [0, 0.1) is 5.92 Å². The van der Waals surface area contributed by atoms with Crippen molar-refractivity contribution in [2.24, 2.45) is 5.92 Å². The van der Waals surface area contributed by atoms with Gasteiger partial charge < -0.3 is 20.1 Å². The molecule has 1 saturated heterocycles. The molecule has 0 radical (unpaired) electrons. The minimum Gasteiger partial charge on any atom is -0.495 e. The molecule has 0 spiro atoms. The summed E-state index contributed by atoms with van der Waals surface area (Å²) in [6, 6.07) is 2.93. The largest absolute Gasteiger partial charge is 0.495 e. The first kappa shape index (κ1) is 18.0. The molecule has 0 bridgehead atoms. The van der Waals surface area contributed by atoms with Crippen LogP contribution in [0.4, 0.5) is 5.69 Å². The summed E-state index contributed by atoms with van der Waals surface area (Å²) in [6.45, 7) is 1.61. The lowest BCUT2D eigenvalue weighted by Crippen LogP contribution is -2.42. The maximum Gasteiger partial charge on any atom is 0.262 e. The SMILES string of the molecule is CNCC1CCCN(S(=O)(=O)c2cc3c(cc2OC)NC(=O)CO3)C1. The molecule has 2 N–H and O–H groups in total. The van der Waals surface area contributed by atoms with Gasteiger partial charge in [0.15, 0.2) is 6.61 Å². The third-order valence-corrected chi connectivity index (χ3v) is 6.38. The van der Waals surface area contributed by atoms with Gasteiger partial charge in [0.1, 0.15) is 16.4 Å². The number of carbonyl (C=O) groups excluding carboxylic acids is 1. The molecule has 25 heavy (non-hydrogen) atoms. The van der Waals surface area contributed by atoms with Crippen LogP contribution in [0.5, 0.6) is 11.5 Å². The predicted octanol–water partition coefficient (Wildman–Crippen LogP) is 0.646. The Kier molecular flexibility index (Phi) is 5.16. The van der Waals surface area contributed by atoms with Gasteiger partial charge in [-0.3, -0.25) is 4.79 Å². The summed E-state index contributed by atoms with van der Waals surface area (Å²) < 4.78 is 38.4. The molecular weight excluding hydrogens is 346 g/mol. The zero-order chi connectivity index (χ0) is 18.0. The minimum atomic E-state index is -3.72. The zero-order valence-electron chi connectivity index (χ0n) is 14.4. The molecular formula is C16H23N3O5S. The lowest BCUT2D eigenvalue weighted by molar-refractivity contribution is -0.118. The van der Waals surface area contributed by atoms with Crippen LogP contribution in [-0.2, 0) is 14.8 Å². The number of sulfonamides is 1. The fraction of sp³-hybridized carbons (Fsp3) is 0.562. The van der Waals surface area contributed by atoms with E-state index in [0.717, 1.165) is 19.4 Å². The molecule has 3 rings (SSSR count). The molecule has 1 atom stereocenters. The second kappa shape index (κ2) is 7.19. The molecule has 1 amide bonds. The molecule has 1 aromatic carbocycles. The highest BCUT2D eigenvalue weighted by Crippen LogP contribution is 2.39. The Hall–Kier alpha value is -1.84. The zero-order valence-corrected chi connectivity index (χ0v) is 15.2. The van der Waals surface area contributed by atoms with Gasteiger partial charge in [0.05, 0.1) is 12.8 Å². The summed E-state index contributed by atoms with van der Waals surface area (Å²) in [5.41, 5.74) is 0.416. The fourth-order valence-corrected chi connectivity index (χ4v) is 5.00. The smallest absolute Gasteiger partial charge is 0.262 e. The van der Waals surface area contributed by atoms with E-state index in [2.05, 4.69) is 10.6 Å². The number of hydrogen-bond acceptors (Lipinski definition) is 6. The predicted molar refractivity (Wildman–Crippen MR) is 92.5 cm³/mol. The van der Waals surface area contributed by atoms with E-state index in [1.54, 1.807) is 0 Å². The molecule has 1 aromatic rings. The minimum absolute atomic E-state index is 0.0648. The third-order valence-electron chi connectivity index (χ3n) is 4.49.